The number of nitrogens with zero attached hydrogens (tertiary/aromatic N) is 2. The van der Waals surface area contributed by atoms with Crippen molar-refractivity contribution in [2.24, 2.45) is 0 Å². The Bertz CT molecular complexity index is 1150. The molecule has 9 nitrogen and oxygen atoms in total. The highest BCUT2D eigenvalue weighted by molar-refractivity contribution is 7.92. The van der Waals surface area contributed by atoms with Crippen LogP contribution in [-0.4, -0.2) is 57.8 Å². The first-order valence-corrected chi connectivity index (χ1v) is 12.9. The topological polar surface area (TPSA) is 105 Å². The molecule has 0 bridgehead atoms. The van der Waals surface area contributed by atoms with E-state index in [0.717, 1.165) is 17.4 Å². The van der Waals surface area contributed by atoms with Crippen LogP contribution in [0.25, 0.3) is 0 Å². The van der Waals surface area contributed by atoms with E-state index < -0.39 is 16.1 Å². The van der Waals surface area contributed by atoms with Gasteiger partial charge in [0.25, 0.3) is 0 Å². The van der Waals surface area contributed by atoms with Crippen LogP contribution in [0, 0.1) is 6.92 Å². The highest BCUT2D eigenvalue weighted by Crippen LogP contribution is 2.36. The maximum absolute atomic E-state index is 13.2. The number of carbonyl (C=O) groups excluding carboxylic acids is 2. The first-order valence-electron chi connectivity index (χ1n) is 11.0. The largest absolute Gasteiger partial charge is 0.454 e. The minimum atomic E-state index is -3.59. The van der Waals surface area contributed by atoms with Gasteiger partial charge in [-0.15, -0.1) is 0 Å². The van der Waals surface area contributed by atoms with E-state index in [1.54, 1.807) is 25.1 Å². The van der Waals surface area contributed by atoms with E-state index >= 15 is 0 Å². The number of sulfonamides is 1. The van der Waals surface area contributed by atoms with Crippen molar-refractivity contribution in [2.75, 3.05) is 30.9 Å². The molecule has 184 valence electrons. The molecule has 0 radical (unpaired) electrons. The zero-order valence-electron chi connectivity index (χ0n) is 19.9. The SMILES string of the molecule is CNC(=O)C(C)N(Cc1ccccc1C)C(=O)CCCN(c1ccc2c(c1)OCO2)S(C)(=O)=O. The number of amides is 2. The Balaban J connectivity index is 1.73. The number of rotatable bonds is 10. The van der Waals surface area contributed by atoms with Gasteiger partial charge in [0, 0.05) is 32.6 Å². The van der Waals surface area contributed by atoms with E-state index in [1.165, 1.54) is 16.3 Å². The Hall–Kier alpha value is -3.27. The Morgan fingerprint density at radius 1 is 1.12 bits per heavy atom. The van der Waals surface area contributed by atoms with Crippen LogP contribution in [-0.2, 0) is 26.2 Å². The fourth-order valence-electron chi connectivity index (χ4n) is 3.81. The standard InChI is InChI=1S/C24H31N3O6S/c1-17-8-5-6-9-19(17)15-26(18(2)24(29)25-3)23(28)10-7-13-27(34(4,30)31)20-11-12-21-22(14-20)33-16-32-21/h5-6,8-9,11-12,14,18H,7,10,13,15-16H2,1-4H3,(H,25,29). The van der Waals surface area contributed by atoms with Crippen LogP contribution in [0.2, 0.25) is 0 Å². The molecule has 0 aromatic heterocycles. The van der Waals surface area contributed by atoms with E-state index in [-0.39, 0.29) is 44.5 Å². The third-order valence-electron chi connectivity index (χ3n) is 5.81. The lowest BCUT2D eigenvalue weighted by atomic mass is 10.1. The lowest BCUT2D eigenvalue weighted by molar-refractivity contribution is -0.140. The van der Waals surface area contributed by atoms with Gasteiger partial charge in [0.05, 0.1) is 11.9 Å². The number of nitrogens with one attached hydrogen (secondary N) is 1. The molecule has 0 saturated heterocycles. The van der Waals surface area contributed by atoms with Gasteiger partial charge >= 0.3 is 0 Å². The number of carbonyl (C=O) groups is 2. The van der Waals surface area contributed by atoms with Gasteiger partial charge in [-0.05, 0) is 43.5 Å². The summed E-state index contributed by atoms with van der Waals surface area (Å²) >= 11 is 0. The van der Waals surface area contributed by atoms with Crippen molar-refractivity contribution >= 4 is 27.5 Å². The number of benzene rings is 2. The molecule has 0 aliphatic carbocycles. The zero-order valence-corrected chi connectivity index (χ0v) is 20.7. The summed E-state index contributed by atoms with van der Waals surface area (Å²) in [5.74, 6) is 0.548. The number of fused-ring (bicyclic) bond motifs is 1. The smallest absolute Gasteiger partial charge is 0.242 e. The molecular weight excluding hydrogens is 458 g/mol. The molecule has 10 heteroatoms. The summed E-state index contributed by atoms with van der Waals surface area (Å²) in [4.78, 5) is 27.0. The van der Waals surface area contributed by atoms with E-state index in [4.69, 9.17) is 9.47 Å². The minimum absolute atomic E-state index is 0.0871. The highest BCUT2D eigenvalue weighted by atomic mass is 32.2. The zero-order chi connectivity index (χ0) is 24.9. The summed E-state index contributed by atoms with van der Waals surface area (Å²) in [6, 6.07) is 12.0. The second-order valence-electron chi connectivity index (χ2n) is 8.21. The van der Waals surface area contributed by atoms with Crippen LogP contribution < -0.4 is 19.1 Å². The molecule has 0 fully saturated rings. The van der Waals surface area contributed by atoms with Crippen LogP contribution >= 0.6 is 0 Å². The summed E-state index contributed by atoms with van der Waals surface area (Å²) in [5, 5.41) is 2.59. The molecule has 1 unspecified atom stereocenters. The van der Waals surface area contributed by atoms with Crippen molar-refractivity contribution in [3.63, 3.8) is 0 Å². The Labute approximate surface area is 200 Å². The summed E-state index contributed by atoms with van der Waals surface area (Å²) in [7, 11) is -2.06. The van der Waals surface area contributed by atoms with Crippen molar-refractivity contribution in [3.8, 4) is 11.5 Å². The van der Waals surface area contributed by atoms with Gasteiger partial charge < -0.3 is 19.7 Å². The van der Waals surface area contributed by atoms with Crippen molar-refractivity contribution in [2.45, 2.75) is 39.3 Å². The number of hydrogen-bond acceptors (Lipinski definition) is 6. The quantitative estimate of drug-likeness (QED) is 0.550. The van der Waals surface area contributed by atoms with Crippen LogP contribution in [0.3, 0.4) is 0 Å². The Morgan fingerprint density at radius 2 is 1.82 bits per heavy atom. The summed E-state index contributed by atoms with van der Waals surface area (Å²) in [5.41, 5.74) is 2.41. The van der Waals surface area contributed by atoms with Gasteiger partial charge in [0.15, 0.2) is 11.5 Å². The average molecular weight is 490 g/mol. The van der Waals surface area contributed by atoms with Crippen LogP contribution in [0.1, 0.15) is 30.9 Å². The fraction of sp³-hybridized carbons (Fsp3) is 0.417. The number of aryl methyl sites for hydroxylation is 1. The molecule has 2 aromatic carbocycles. The second kappa shape index (κ2) is 10.8. The molecule has 1 atom stereocenters. The monoisotopic (exact) mass is 489 g/mol. The van der Waals surface area contributed by atoms with E-state index in [1.807, 2.05) is 31.2 Å². The van der Waals surface area contributed by atoms with Gasteiger partial charge in [0.1, 0.15) is 6.04 Å². The van der Waals surface area contributed by atoms with Crippen LogP contribution in [0.15, 0.2) is 42.5 Å². The van der Waals surface area contributed by atoms with Crippen molar-refractivity contribution in [3.05, 3.63) is 53.6 Å². The lowest BCUT2D eigenvalue weighted by Crippen LogP contribution is -2.47. The lowest BCUT2D eigenvalue weighted by Gasteiger charge is -2.29. The highest BCUT2D eigenvalue weighted by Gasteiger charge is 2.27. The summed E-state index contributed by atoms with van der Waals surface area (Å²) in [6.07, 6.45) is 1.49. The van der Waals surface area contributed by atoms with Gasteiger partial charge in [-0.25, -0.2) is 8.42 Å². The molecular formula is C24H31N3O6S. The number of hydrogen-bond donors (Lipinski definition) is 1. The van der Waals surface area contributed by atoms with E-state index in [2.05, 4.69) is 5.32 Å². The van der Waals surface area contributed by atoms with Crippen molar-refractivity contribution in [1.82, 2.24) is 10.2 Å². The third-order valence-corrected chi connectivity index (χ3v) is 7.01. The van der Waals surface area contributed by atoms with E-state index in [9.17, 15) is 18.0 Å². The van der Waals surface area contributed by atoms with Gasteiger partial charge in [0.2, 0.25) is 28.6 Å². The molecule has 2 amide bonds. The minimum Gasteiger partial charge on any atom is -0.454 e. The Morgan fingerprint density at radius 3 is 2.50 bits per heavy atom. The third kappa shape index (κ3) is 5.99. The Kier molecular flexibility index (Phi) is 8.03. The molecule has 2 aromatic rings. The molecule has 1 N–H and O–H groups in total. The van der Waals surface area contributed by atoms with Crippen molar-refractivity contribution in [1.29, 1.82) is 0 Å². The molecule has 1 aliphatic rings. The molecule has 0 spiro atoms. The first-order chi connectivity index (χ1) is 16.1. The van der Waals surface area contributed by atoms with Gasteiger partial charge in [-0.1, -0.05) is 24.3 Å². The molecule has 1 aliphatic heterocycles. The summed E-state index contributed by atoms with van der Waals surface area (Å²) < 4.78 is 36.8. The second-order valence-corrected chi connectivity index (χ2v) is 10.1. The number of likely N-dealkylation sites (N-methyl/N-ethyl adjacent to an activating group) is 1. The van der Waals surface area contributed by atoms with Crippen LogP contribution in [0.5, 0.6) is 11.5 Å². The first kappa shape index (κ1) is 25.4. The normalized spacial score (nSPS) is 13.3. The molecule has 1 heterocycles. The fourth-order valence-corrected chi connectivity index (χ4v) is 4.76. The number of anilines is 1. The molecule has 3 rings (SSSR count). The predicted octanol–water partition coefficient (Wildman–Crippen LogP) is 2.43. The molecule has 34 heavy (non-hydrogen) atoms. The molecule has 0 saturated carbocycles. The average Bonchev–Trinajstić information content (AvgIpc) is 3.27. The number of ether oxygens (including phenoxy) is 2. The van der Waals surface area contributed by atoms with Crippen molar-refractivity contribution < 1.29 is 27.5 Å². The van der Waals surface area contributed by atoms with Gasteiger partial charge in [-0.3, -0.25) is 13.9 Å². The summed E-state index contributed by atoms with van der Waals surface area (Å²) in [6.45, 7) is 4.13. The maximum Gasteiger partial charge on any atom is 0.242 e. The van der Waals surface area contributed by atoms with Crippen LogP contribution in [0.4, 0.5) is 5.69 Å². The van der Waals surface area contributed by atoms with E-state index in [0.29, 0.717) is 17.2 Å². The van der Waals surface area contributed by atoms with Gasteiger partial charge in [-0.2, -0.15) is 0 Å². The maximum atomic E-state index is 13.2. The predicted molar refractivity (Wildman–Crippen MR) is 129 cm³/mol.